The summed E-state index contributed by atoms with van der Waals surface area (Å²) in [5, 5.41) is 13.4. The second-order valence-electron chi connectivity index (χ2n) is 5.32. The Morgan fingerprint density at radius 1 is 1.26 bits per heavy atom. The van der Waals surface area contributed by atoms with E-state index in [9.17, 15) is 5.11 Å². The predicted molar refractivity (Wildman–Crippen MR) is 83.0 cm³/mol. The Bertz CT molecular complexity index is 394. The maximum atomic E-state index is 9.23. The standard InChI is InChI=1S/C15H25ClN2O/c1-11(2)17-10-13-9-14(16)5-6-15(13)18(7-8-19)12(3)4/h5-6,9,11-12,17,19H,7-8,10H2,1-4H3. The smallest absolute Gasteiger partial charge is 0.0606 e. The summed E-state index contributed by atoms with van der Waals surface area (Å²) < 4.78 is 0. The third kappa shape index (κ3) is 5.01. The molecule has 1 aromatic carbocycles. The number of nitrogens with one attached hydrogen (secondary N) is 1. The van der Waals surface area contributed by atoms with Crippen molar-refractivity contribution in [1.82, 2.24) is 5.32 Å². The maximum absolute atomic E-state index is 9.23. The normalized spacial score (nSPS) is 11.4. The van der Waals surface area contributed by atoms with E-state index in [0.29, 0.717) is 18.6 Å². The first kappa shape index (κ1) is 16.3. The molecule has 1 rings (SSSR count). The molecule has 2 N–H and O–H groups in total. The Balaban J connectivity index is 3.02. The minimum absolute atomic E-state index is 0.151. The van der Waals surface area contributed by atoms with Crippen LogP contribution >= 0.6 is 11.6 Å². The van der Waals surface area contributed by atoms with Crippen LogP contribution in [-0.2, 0) is 6.54 Å². The Kier molecular flexibility index (Phi) is 6.63. The van der Waals surface area contributed by atoms with Crippen LogP contribution in [0.25, 0.3) is 0 Å². The molecule has 0 saturated heterocycles. The van der Waals surface area contributed by atoms with E-state index in [2.05, 4.69) is 37.9 Å². The van der Waals surface area contributed by atoms with Crippen molar-refractivity contribution in [3.63, 3.8) is 0 Å². The summed E-state index contributed by atoms with van der Waals surface area (Å²) in [5.41, 5.74) is 2.31. The van der Waals surface area contributed by atoms with E-state index in [-0.39, 0.29) is 6.61 Å². The van der Waals surface area contributed by atoms with Crippen LogP contribution in [0, 0.1) is 0 Å². The highest BCUT2D eigenvalue weighted by Gasteiger charge is 2.14. The molecule has 0 spiro atoms. The average Bonchev–Trinajstić information content (AvgIpc) is 2.34. The van der Waals surface area contributed by atoms with Crippen molar-refractivity contribution in [2.24, 2.45) is 0 Å². The zero-order valence-corrected chi connectivity index (χ0v) is 13.0. The monoisotopic (exact) mass is 284 g/mol. The lowest BCUT2D eigenvalue weighted by atomic mass is 10.1. The fourth-order valence-corrected chi connectivity index (χ4v) is 2.25. The molecule has 0 amide bonds. The average molecular weight is 285 g/mol. The van der Waals surface area contributed by atoms with E-state index in [4.69, 9.17) is 11.6 Å². The summed E-state index contributed by atoms with van der Waals surface area (Å²) in [7, 11) is 0. The van der Waals surface area contributed by atoms with Crippen LogP contribution < -0.4 is 10.2 Å². The quantitative estimate of drug-likeness (QED) is 0.808. The van der Waals surface area contributed by atoms with E-state index in [1.54, 1.807) is 0 Å². The lowest BCUT2D eigenvalue weighted by Crippen LogP contribution is -2.35. The van der Waals surface area contributed by atoms with Crippen LogP contribution in [0.15, 0.2) is 18.2 Å². The zero-order valence-electron chi connectivity index (χ0n) is 12.3. The third-order valence-corrected chi connectivity index (χ3v) is 3.25. The minimum Gasteiger partial charge on any atom is -0.395 e. The molecule has 0 saturated carbocycles. The summed E-state index contributed by atoms with van der Waals surface area (Å²) >= 11 is 6.10. The van der Waals surface area contributed by atoms with Crippen LogP contribution in [0.3, 0.4) is 0 Å². The Labute approximate surface area is 121 Å². The van der Waals surface area contributed by atoms with Gasteiger partial charge in [-0.3, -0.25) is 0 Å². The third-order valence-electron chi connectivity index (χ3n) is 3.02. The van der Waals surface area contributed by atoms with Crippen LogP contribution in [-0.4, -0.2) is 30.3 Å². The van der Waals surface area contributed by atoms with Crippen molar-refractivity contribution >= 4 is 17.3 Å². The first-order chi connectivity index (χ1) is 8.95. The molecular formula is C15H25ClN2O. The largest absolute Gasteiger partial charge is 0.395 e. The molecule has 0 unspecified atom stereocenters. The highest BCUT2D eigenvalue weighted by molar-refractivity contribution is 6.30. The number of hydrogen-bond donors (Lipinski definition) is 2. The molecule has 0 atom stereocenters. The second kappa shape index (κ2) is 7.73. The molecule has 0 aliphatic heterocycles. The molecule has 0 aromatic heterocycles. The first-order valence-electron chi connectivity index (χ1n) is 6.85. The summed E-state index contributed by atoms with van der Waals surface area (Å²) in [5.74, 6) is 0. The number of anilines is 1. The van der Waals surface area contributed by atoms with E-state index in [1.807, 2.05) is 18.2 Å². The first-order valence-corrected chi connectivity index (χ1v) is 7.22. The summed E-state index contributed by atoms with van der Waals surface area (Å²) in [6.07, 6.45) is 0. The number of halogens is 1. The molecular weight excluding hydrogens is 260 g/mol. The topological polar surface area (TPSA) is 35.5 Å². The van der Waals surface area contributed by atoms with Crippen LogP contribution in [0.4, 0.5) is 5.69 Å². The van der Waals surface area contributed by atoms with Crippen molar-refractivity contribution < 1.29 is 5.11 Å². The van der Waals surface area contributed by atoms with Gasteiger partial charge >= 0.3 is 0 Å². The second-order valence-corrected chi connectivity index (χ2v) is 5.76. The van der Waals surface area contributed by atoms with Gasteiger partial charge in [-0.25, -0.2) is 0 Å². The SMILES string of the molecule is CC(C)NCc1cc(Cl)ccc1N(CCO)C(C)C. The van der Waals surface area contributed by atoms with Crippen molar-refractivity contribution in [3.05, 3.63) is 28.8 Å². The Morgan fingerprint density at radius 3 is 2.47 bits per heavy atom. The maximum Gasteiger partial charge on any atom is 0.0606 e. The zero-order chi connectivity index (χ0) is 14.4. The summed E-state index contributed by atoms with van der Waals surface area (Å²) in [6, 6.07) is 6.71. The van der Waals surface area contributed by atoms with Crippen molar-refractivity contribution in [1.29, 1.82) is 0 Å². The number of rotatable bonds is 7. The highest BCUT2D eigenvalue weighted by atomic mass is 35.5. The molecule has 4 heteroatoms. The molecule has 0 aliphatic carbocycles. The van der Waals surface area contributed by atoms with Gasteiger partial charge in [0, 0.05) is 35.9 Å². The molecule has 3 nitrogen and oxygen atoms in total. The van der Waals surface area contributed by atoms with Gasteiger partial charge < -0.3 is 15.3 Å². The fourth-order valence-electron chi connectivity index (χ4n) is 2.05. The Morgan fingerprint density at radius 2 is 1.95 bits per heavy atom. The molecule has 108 valence electrons. The Hall–Kier alpha value is -0.770. The van der Waals surface area contributed by atoms with Crippen molar-refractivity contribution in [2.45, 2.75) is 46.3 Å². The van der Waals surface area contributed by atoms with E-state index in [0.717, 1.165) is 17.3 Å². The fraction of sp³-hybridized carbons (Fsp3) is 0.600. The van der Waals surface area contributed by atoms with Gasteiger partial charge in [0.2, 0.25) is 0 Å². The summed E-state index contributed by atoms with van der Waals surface area (Å²) in [6.45, 7) is 10.1. The molecule has 0 fully saturated rings. The minimum atomic E-state index is 0.151. The van der Waals surface area contributed by atoms with Gasteiger partial charge in [-0.1, -0.05) is 25.4 Å². The van der Waals surface area contributed by atoms with Gasteiger partial charge in [0.15, 0.2) is 0 Å². The van der Waals surface area contributed by atoms with Crippen molar-refractivity contribution in [3.8, 4) is 0 Å². The molecule has 0 radical (unpaired) electrons. The van der Waals surface area contributed by atoms with Gasteiger partial charge in [0.1, 0.15) is 0 Å². The molecule has 0 bridgehead atoms. The lowest BCUT2D eigenvalue weighted by molar-refractivity contribution is 0.299. The lowest BCUT2D eigenvalue weighted by Gasteiger charge is -2.30. The predicted octanol–water partition coefficient (Wildman–Crippen LogP) is 3.05. The van der Waals surface area contributed by atoms with Gasteiger partial charge in [0.25, 0.3) is 0 Å². The number of aliphatic hydroxyl groups is 1. The van der Waals surface area contributed by atoms with E-state index in [1.165, 1.54) is 5.56 Å². The number of benzene rings is 1. The van der Waals surface area contributed by atoms with E-state index >= 15 is 0 Å². The van der Waals surface area contributed by atoms with Crippen LogP contribution in [0.2, 0.25) is 5.02 Å². The van der Waals surface area contributed by atoms with Crippen LogP contribution in [0.1, 0.15) is 33.3 Å². The van der Waals surface area contributed by atoms with Gasteiger partial charge in [-0.15, -0.1) is 0 Å². The van der Waals surface area contributed by atoms with Gasteiger partial charge in [-0.2, -0.15) is 0 Å². The van der Waals surface area contributed by atoms with Crippen LogP contribution in [0.5, 0.6) is 0 Å². The number of hydrogen-bond acceptors (Lipinski definition) is 3. The molecule has 0 aliphatic rings. The number of nitrogens with zero attached hydrogens (tertiary/aromatic N) is 1. The summed E-state index contributed by atoms with van der Waals surface area (Å²) in [4.78, 5) is 2.20. The van der Waals surface area contributed by atoms with E-state index < -0.39 is 0 Å². The molecule has 1 aromatic rings. The highest BCUT2D eigenvalue weighted by Crippen LogP contribution is 2.26. The van der Waals surface area contributed by atoms with Gasteiger partial charge in [0.05, 0.1) is 6.61 Å². The molecule has 0 heterocycles. The van der Waals surface area contributed by atoms with Gasteiger partial charge in [-0.05, 0) is 37.6 Å². The van der Waals surface area contributed by atoms with Crippen molar-refractivity contribution in [2.75, 3.05) is 18.1 Å². The number of aliphatic hydroxyl groups excluding tert-OH is 1. The molecule has 19 heavy (non-hydrogen) atoms.